The molecule has 4 heterocycles. The van der Waals surface area contributed by atoms with Gasteiger partial charge in [0, 0.05) is 22.8 Å². The first-order valence-corrected chi connectivity index (χ1v) is 10.9. The summed E-state index contributed by atoms with van der Waals surface area (Å²) in [7, 11) is 0. The Morgan fingerprint density at radius 3 is 2.47 bits per heavy atom. The number of nitrogens with one attached hydrogen (secondary N) is 2. The van der Waals surface area contributed by atoms with Crippen molar-refractivity contribution < 1.29 is 14.3 Å². The van der Waals surface area contributed by atoms with Gasteiger partial charge in [0.05, 0.1) is 24.5 Å². The maximum Gasteiger partial charge on any atom is 0.234 e. The Morgan fingerprint density at radius 2 is 1.80 bits per heavy atom. The Labute approximate surface area is 178 Å². The summed E-state index contributed by atoms with van der Waals surface area (Å²) in [5, 5.41) is 6.93. The average Bonchev–Trinajstić information content (AvgIpc) is 3.28. The maximum atomic E-state index is 13.4. The second kappa shape index (κ2) is 6.41. The summed E-state index contributed by atoms with van der Waals surface area (Å²) in [4.78, 5) is 28.6. The summed E-state index contributed by atoms with van der Waals surface area (Å²) in [6.45, 7) is 9.14. The van der Waals surface area contributed by atoms with Crippen LogP contribution in [0.1, 0.15) is 40.5 Å². The van der Waals surface area contributed by atoms with Gasteiger partial charge in [0.1, 0.15) is 5.60 Å². The van der Waals surface area contributed by atoms with Crippen LogP contribution < -0.4 is 15.5 Å². The topological polar surface area (TPSA) is 70.7 Å². The minimum atomic E-state index is -0.688. The molecule has 160 valence electrons. The first kappa shape index (κ1) is 19.8. The first-order valence-electron chi connectivity index (χ1n) is 10.9. The second-order valence-electron chi connectivity index (χ2n) is 10.7. The van der Waals surface area contributed by atoms with Crippen molar-refractivity contribution in [1.82, 2.24) is 10.6 Å². The molecule has 5 rings (SSSR count). The van der Waals surface area contributed by atoms with Crippen LogP contribution in [0.5, 0.6) is 0 Å². The summed E-state index contributed by atoms with van der Waals surface area (Å²) in [6.07, 6.45) is 5.37. The third-order valence-electron chi connectivity index (χ3n) is 7.01. The average molecular weight is 410 g/mol. The Bertz CT molecular complexity index is 894. The van der Waals surface area contributed by atoms with Crippen molar-refractivity contribution >= 4 is 17.5 Å². The summed E-state index contributed by atoms with van der Waals surface area (Å²) in [5.41, 5.74) is 0.0536. The molecule has 1 aromatic carbocycles. The van der Waals surface area contributed by atoms with Crippen molar-refractivity contribution in [2.24, 2.45) is 11.8 Å². The van der Waals surface area contributed by atoms with Gasteiger partial charge in [0.2, 0.25) is 11.8 Å². The smallest absolute Gasteiger partial charge is 0.234 e. The number of nitrogens with zero attached hydrogens (tertiary/aromatic N) is 1. The zero-order valence-electron chi connectivity index (χ0n) is 18.1. The fourth-order valence-corrected chi connectivity index (χ4v) is 6.35. The predicted molar refractivity (Wildman–Crippen MR) is 115 cm³/mol. The second-order valence-corrected chi connectivity index (χ2v) is 10.7. The lowest BCUT2D eigenvalue weighted by atomic mass is 9.75. The van der Waals surface area contributed by atoms with E-state index in [1.54, 1.807) is 4.90 Å². The van der Waals surface area contributed by atoms with Gasteiger partial charge in [0.15, 0.2) is 0 Å². The molecule has 2 bridgehead atoms. The fourth-order valence-electron chi connectivity index (χ4n) is 6.35. The van der Waals surface area contributed by atoms with E-state index >= 15 is 0 Å². The molecule has 2 amide bonds. The fraction of sp³-hybridized carbons (Fsp3) is 0.583. The molecule has 3 saturated heterocycles. The van der Waals surface area contributed by atoms with Gasteiger partial charge >= 0.3 is 0 Å². The van der Waals surface area contributed by atoms with E-state index in [-0.39, 0.29) is 35.0 Å². The number of carbonyl (C=O) groups is 2. The quantitative estimate of drug-likeness (QED) is 0.752. The largest absolute Gasteiger partial charge is 0.360 e. The Morgan fingerprint density at radius 1 is 1.13 bits per heavy atom. The lowest BCUT2D eigenvalue weighted by Gasteiger charge is -2.47. The first-order chi connectivity index (χ1) is 14.1. The molecule has 30 heavy (non-hydrogen) atoms. The Hall–Kier alpha value is -2.18. The van der Waals surface area contributed by atoms with Gasteiger partial charge in [-0.2, -0.15) is 0 Å². The van der Waals surface area contributed by atoms with E-state index in [0.717, 1.165) is 18.5 Å². The predicted octanol–water partition coefficient (Wildman–Crippen LogP) is 2.40. The van der Waals surface area contributed by atoms with Crippen LogP contribution >= 0.6 is 0 Å². The van der Waals surface area contributed by atoms with Crippen LogP contribution in [0.25, 0.3) is 0 Å². The van der Waals surface area contributed by atoms with Crippen LogP contribution in [0.2, 0.25) is 0 Å². The number of hydrogen-bond acceptors (Lipinski definition) is 4. The highest BCUT2D eigenvalue weighted by Crippen LogP contribution is 2.52. The third-order valence-corrected chi connectivity index (χ3v) is 7.01. The molecule has 1 aromatic rings. The monoisotopic (exact) mass is 409 g/mol. The summed E-state index contributed by atoms with van der Waals surface area (Å²) in [5.74, 6) is -1.01. The van der Waals surface area contributed by atoms with Crippen LogP contribution in [0.3, 0.4) is 0 Å². The number of carbonyl (C=O) groups excluding carboxylic acids is 2. The molecule has 2 N–H and O–H groups in total. The molecule has 6 heteroatoms. The molecular formula is C24H31N3O3. The number of anilines is 1. The van der Waals surface area contributed by atoms with E-state index in [1.807, 2.05) is 42.5 Å². The molecule has 4 atom stereocenters. The van der Waals surface area contributed by atoms with Crippen LogP contribution in [-0.4, -0.2) is 47.2 Å². The van der Waals surface area contributed by atoms with Crippen molar-refractivity contribution in [3.8, 4) is 0 Å². The number of rotatable bonds is 3. The van der Waals surface area contributed by atoms with E-state index in [9.17, 15) is 9.59 Å². The molecule has 3 fully saturated rings. The zero-order valence-corrected chi connectivity index (χ0v) is 18.1. The molecule has 0 unspecified atom stereocenters. The molecule has 0 saturated carbocycles. The van der Waals surface area contributed by atoms with Crippen LogP contribution in [-0.2, 0) is 14.3 Å². The van der Waals surface area contributed by atoms with Crippen molar-refractivity contribution in [1.29, 1.82) is 0 Å². The molecule has 6 nitrogen and oxygen atoms in total. The molecule has 0 aliphatic carbocycles. The standard InChI is InChI=1S/C24H31N3O3/c1-22(2)12-15(13-23(3,4)26-22)25-20(28)18-17-10-11-24(30-17)14-27(21(29)19(18)24)16-8-6-5-7-9-16/h5-11,15,17-19,26H,12-14H2,1-4H3,(H,25,28)/t17-,18-,19-,24-/m1/s1. The van der Waals surface area contributed by atoms with E-state index < -0.39 is 17.4 Å². The molecule has 1 spiro atoms. The highest BCUT2D eigenvalue weighted by Gasteiger charge is 2.67. The van der Waals surface area contributed by atoms with E-state index in [2.05, 4.69) is 38.3 Å². The number of para-hydroxylation sites is 1. The summed E-state index contributed by atoms with van der Waals surface area (Å²) in [6, 6.07) is 9.72. The molecular weight excluding hydrogens is 378 g/mol. The number of fused-ring (bicyclic) bond motifs is 1. The highest BCUT2D eigenvalue weighted by atomic mass is 16.5. The summed E-state index contributed by atoms with van der Waals surface area (Å²) < 4.78 is 6.26. The van der Waals surface area contributed by atoms with Gasteiger partial charge in [-0.1, -0.05) is 30.4 Å². The van der Waals surface area contributed by atoms with Crippen LogP contribution in [0, 0.1) is 11.8 Å². The maximum absolute atomic E-state index is 13.4. The number of piperidine rings is 1. The van der Waals surface area contributed by atoms with Gasteiger partial charge in [-0.25, -0.2) is 0 Å². The lowest BCUT2D eigenvalue weighted by Crippen LogP contribution is -2.62. The van der Waals surface area contributed by atoms with E-state index in [1.165, 1.54) is 0 Å². The SMILES string of the molecule is CC1(C)CC(NC(=O)[C@@H]2[C@H]3C=C[C@]4(CN(c5ccccc5)C(=O)[C@@H]24)O3)CC(C)(C)N1. The minimum absolute atomic E-state index is 0.0147. The third kappa shape index (κ3) is 3.08. The van der Waals surface area contributed by atoms with E-state index in [0.29, 0.717) is 6.54 Å². The number of benzene rings is 1. The zero-order chi connectivity index (χ0) is 21.3. The van der Waals surface area contributed by atoms with Crippen molar-refractivity contribution in [3.63, 3.8) is 0 Å². The van der Waals surface area contributed by atoms with Gasteiger partial charge in [-0.15, -0.1) is 0 Å². The molecule has 0 aromatic heterocycles. The van der Waals surface area contributed by atoms with E-state index in [4.69, 9.17) is 4.74 Å². The number of amides is 2. The molecule has 4 aliphatic rings. The normalized spacial score (nSPS) is 36.2. The van der Waals surface area contributed by atoms with Crippen molar-refractivity contribution in [3.05, 3.63) is 42.5 Å². The lowest BCUT2D eigenvalue weighted by molar-refractivity contribution is -0.132. The van der Waals surface area contributed by atoms with Crippen LogP contribution in [0.4, 0.5) is 5.69 Å². The van der Waals surface area contributed by atoms with Gasteiger partial charge in [-0.05, 0) is 52.7 Å². The van der Waals surface area contributed by atoms with Crippen molar-refractivity contribution in [2.45, 2.75) is 69.4 Å². The highest BCUT2D eigenvalue weighted by molar-refractivity contribution is 6.03. The summed E-state index contributed by atoms with van der Waals surface area (Å²) >= 11 is 0. The number of hydrogen-bond donors (Lipinski definition) is 2. The van der Waals surface area contributed by atoms with Gasteiger partial charge in [0.25, 0.3) is 0 Å². The van der Waals surface area contributed by atoms with Crippen LogP contribution in [0.15, 0.2) is 42.5 Å². The van der Waals surface area contributed by atoms with Crippen molar-refractivity contribution in [2.75, 3.05) is 11.4 Å². The number of ether oxygens (including phenoxy) is 1. The molecule has 0 radical (unpaired) electrons. The Kier molecular flexibility index (Phi) is 4.22. The van der Waals surface area contributed by atoms with Gasteiger partial charge < -0.3 is 20.3 Å². The minimum Gasteiger partial charge on any atom is -0.360 e. The molecule has 4 aliphatic heterocycles. The van der Waals surface area contributed by atoms with Gasteiger partial charge in [-0.3, -0.25) is 9.59 Å². The Balaban J connectivity index is 1.37.